The zero-order chi connectivity index (χ0) is 39.1. The standard InChI is InChI=1S/C40H58N4O9/c1-6-43(26-33(45)41-36-27(2)14-12-15-28(36)3)23-20-31(53-40(39(51)52,24-34(46)47)25-35(48)49)18-8-7-10-21-44-22-11-9-19-32(44)38(50)42-37-29(4)16-13-17-30(37)5/h12-17,31-32H,6-11,18-26H2,1-5H3,(H,41,45)(H,42,50)(H,46,47)(H,48,49)(H,51,52)/t31?,32-/m1/s1. The maximum Gasteiger partial charge on any atom is 0.337 e. The average molecular weight is 739 g/mol. The fourth-order valence-corrected chi connectivity index (χ4v) is 7.12. The molecule has 1 fully saturated rings. The van der Waals surface area contributed by atoms with Crippen molar-refractivity contribution in [3.05, 3.63) is 58.7 Å². The molecule has 13 heteroatoms. The van der Waals surface area contributed by atoms with Crippen LogP contribution in [-0.4, -0.2) is 105 Å². The first-order chi connectivity index (χ1) is 25.1. The number of nitrogens with zero attached hydrogens (tertiary/aromatic N) is 2. The summed E-state index contributed by atoms with van der Waals surface area (Å²) in [5, 5.41) is 35.3. The molecule has 13 nitrogen and oxygen atoms in total. The number of likely N-dealkylation sites (N-methyl/N-ethyl adjacent to an activating group) is 1. The monoisotopic (exact) mass is 738 g/mol. The third-order valence-electron chi connectivity index (χ3n) is 10.1. The average Bonchev–Trinajstić information content (AvgIpc) is 3.09. The molecule has 0 radical (unpaired) electrons. The van der Waals surface area contributed by atoms with Crippen LogP contribution in [0.4, 0.5) is 11.4 Å². The van der Waals surface area contributed by atoms with E-state index in [4.69, 9.17) is 4.74 Å². The van der Waals surface area contributed by atoms with Gasteiger partial charge in [-0.15, -0.1) is 0 Å². The molecule has 53 heavy (non-hydrogen) atoms. The van der Waals surface area contributed by atoms with Gasteiger partial charge < -0.3 is 30.7 Å². The van der Waals surface area contributed by atoms with Gasteiger partial charge in [-0.1, -0.05) is 62.6 Å². The van der Waals surface area contributed by atoms with Crippen molar-refractivity contribution in [1.29, 1.82) is 0 Å². The first-order valence-electron chi connectivity index (χ1n) is 18.7. The predicted molar refractivity (Wildman–Crippen MR) is 203 cm³/mol. The number of carbonyl (C=O) groups is 5. The lowest BCUT2D eigenvalue weighted by molar-refractivity contribution is -0.187. The van der Waals surface area contributed by atoms with Crippen LogP contribution in [0, 0.1) is 27.7 Å². The number of anilines is 2. The Morgan fingerprint density at radius 3 is 1.92 bits per heavy atom. The zero-order valence-electron chi connectivity index (χ0n) is 31.9. The summed E-state index contributed by atoms with van der Waals surface area (Å²) >= 11 is 0. The number of nitrogens with one attached hydrogen (secondary N) is 2. The quantitative estimate of drug-likeness (QED) is 0.0922. The number of unbranched alkanes of at least 4 members (excludes halogenated alkanes) is 2. The molecule has 1 aliphatic rings. The van der Waals surface area contributed by atoms with E-state index < -0.39 is 42.5 Å². The number of aliphatic carboxylic acids is 3. The van der Waals surface area contributed by atoms with Gasteiger partial charge in [-0.05, 0) is 102 Å². The molecule has 1 unspecified atom stereocenters. The van der Waals surface area contributed by atoms with Gasteiger partial charge in [0.2, 0.25) is 11.8 Å². The van der Waals surface area contributed by atoms with Gasteiger partial charge in [0.15, 0.2) is 5.60 Å². The summed E-state index contributed by atoms with van der Waals surface area (Å²) in [4.78, 5) is 66.5. The van der Waals surface area contributed by atoms with E-state index in [2.05, 4.69) is 15.5 Å². The van der Waals surface area contributed by atoms with E-state index in [1.54, 1.807) is 0 Å². The topological polar surface area (TPSA) is 186 Å². The SMILES string of the molecule is CCN(CCC(CCCCCN1CCCC[C@@H]1C(=O)Nc1c(C)cccc1C)OC(CC(=O)O)(CC(=O)O)C(=O)O)CC(=O)Nc1c(C)cccc1C. The molecule has 1 saturated heterocycles. The van der Waals surface area contributed by atoms with Crippen molar-refractivity contribution in [2.24, 2.45) is 0 Å². The van der Waals surface area contributed by atoms with Gasteiger partial charge in [0, 0.05) is 17.9 Å². The van der Waals surface area contributed by atoms with Crippen molar-refractivity contribution in [1.82, 2.24) is 9.80 Å². The minimum absolute atomic E-state index is 0.0133. The van der Waals surface area contributed by atoms with Gasteiger partial charge in [0.1, 0.15) is 0 Å². The number of amides is 2. The molecule has 3 rings (SSSR count). The van der Waals surface area contributed by atoms with Crippen LogP contribution in [0.5, 0.6) is 0 Å². The molecule has 292 valence electrons. The number of piperidine rings is 1. The number of hydrogen-bond acceptors (Lipinski definition) is 8. The highest BCUT2D eigenvalue weighted by Gasteiger charge is 2.46. The number of ether oxygens (including phenoxy) is 1. The Bertz CT molecular complexity index is 1520. The Morgan fingerprint density at radius 2 is 1.40 bits per heavy atom. The number of likely N-dealkylation sites (tertiary alicyclic amines) is 1. The third kappa shape index (κ3) is 13.2. The minimum atomic E-state index is -2.46. The summed E-state index contributed by atoms with van der Waals surface area (Å²) in [5.74, 6) is -4.84. The highest BCUT2D eigenvalue weighted by Crippen LogP contribution is 2.28. The molecule has 2 aromatic carbocycles. The van der Waals surface area contributed by atoms with Gasteiger partial charge in [0.05, 0.1) is 31.5 Å². The molecule has 0 aromatic heterocycles. The van der Waals surface area contributed by atoms with Crippen molar-refractivity contribution in [2.75, 3.05) is 43.4 Å². The molecule has 0 aliphatic carbocycles. The maximum absolute atomic E-state index is 13.4. The molecule has 2 atom stereocenters. The van der Waals surface area contributed by atoms with E-state index in [0.29, 0.717) is 32.5 Å². The molecular formula is C40H58N4O9. The first kappa shape index (κ1) is 43.1. The molecule has 2 aromatic rings. The Balaban J connectivity index is 1.66. The number of benzene rings is 2. The molecule has 2 amide bonds. The lowest BCUT2D eigenvalue weighted by atomic mass is 9.94. The normalized spacial score (nSPS) is 15.5. The van der Waals surface area contributed by atoms with Crippen LogP contribution in [0.2, 0.25) is 0 Å². The van der Waals surface area contributed by atoms with E-state index in [0.717, 1.165) is 72.3 Å². The fraction of sp³-hybridized carbons (Fsp3) is 0.575. The number of para-hydroxylation sites is 2. The Labute approximate surface area is 313 Å². The molecule has 1 aliphatic heterocycles. The molecule has 0 spiro atoms. The van der Waals surface area contributed by atoms with E-state index in [1.165, 1.54) is 0 Å². The van der Waals surface area contributed by atoms with Gasteiger partial charge >= 0.3 is 17.9 Å². The highest BCUT2D eigenvalue weighted by molar-refractivity contribution is 5.96. The van der Waals surface area contributed by atoms with Crippen LogP contribution < -0.4 is 10.6 Å². The van der Waals surface area contributed by atoms with Gasteiger partial charge in [-0.25, -0.2) is 4.79 Å². The van der Waals surface area contributed by atoms with Crippen molar-refractivity contribution < 1.29 is 44.0 Å². The number of aryl methyl sites for hydroxylation is 4. The smallest absolute Gasteiger partial charge is 0.337 e. The van der Waals surface area contributed by atoms with Gasteiger partial charge in [-0.2, -0.15) is 0 Å². The van der Waals surface area contributed by atoms with Gasteiger partial charge in [0.25, 0.3) is 0 Å². The predicted octanol–water partition coefficient (Wildman–Crippen LogP) is 5.78. The molecule has 0 saturated carbocycles. The second-order valence-corrected chi connectivity index (χ2v) is 14.3. The molecule has 1 heterocycles. The van der Waals surface area contributed by atoms with E-state index in [1.807, 2.05) is 75.9 Å². The Kier molecular flexibility index (Phi) is 16.9. The summed E-state index contributed by atoms with van der Waals surface area (Å²) in [7, 11) is 0. The molecular weight excluding hydrogens is 680 g/mol. The van der Waals surface area contributed by atoms with Crippen LogP contribution in [0.25, 0.3) is 0 Å². The van der Waals surface area contributed by atoms with Crippen LogP contribution in [0.3, 0.4) is 0 Å². The van der Waals surface area contributed by atoms with Crippen molar-refractivity contribution in [3.63, 3.8) is 0 Å². The Hall–Kier alpha value is -4.33. The summed E-state index contributed by atoms with van der Waals surface area (Å²) < 4.78 is 6.02. The lowest BCUT2D eigenvalue weighted by Crippen LogP contribution is -2.48. The zero-order valence-corrected chi connectivity index (χ0v) is 31.9. The van der Waals surface area contributed by atoms with E-state index in [-0.39, 0.29) is 30.8 Å². The number of carboxylic acids is 3. The minimum Gasteiger partial charge on any atom is -0.481 e. The lowest BCUT2D eigenvalue weighted by Gasteiger charge is -2.35. The van der Waals surface area contributed by atoms with Crippen molar-refractivity contribution in [2.45, 2.75) is 117 Å². The summed E-state index contributed by atoms with van der Waals surface area (Å²) in [6.45, 7) is 12.1. The fourth-order valence-electron chi connectivity index (χ4n) is 7.12. The third-order valence-corrected chi connectivity index (χ3v) is 10.1. The van der Waals surface area contributed by atoms with E-state index >= 15 is 0 Å². The van der Waals surface area contributed by atoms with Crippen molar-refractivity contribution in [3.8, 4) is 0 Å². The van der Waals surface area contributed by atoms with Gasteiger partial charge in [-0.3, -0.25) is 29.0 Å². The summed E-state index contributed by atoms with van der Waals surface area (Å²) in [5.41, 5.74) is 3.05. The summed E-state index contributed by atoms with van der Waals surface area (Å²) in [6.07, 6.45) is 2.66. The number of carbonyl (C=O) groups excluding carboxylic acids is 2. The second kappa shape index (κ2) is 20.8. The first-order valence-corrected chi connectivity index (χ1v) is 18.7. The second-order valence-electron chi connectivity index (χ2n) is 14.3. The van der Waals surface area contributed by atoms with Crippen LogP contribution >= 0.6 is 0 Å². The summed E-state index contributed by atoms with van der Waals surface area (Å²) in [6, 6.07) is 11.4. The largest absolute Gasteiger partial charge is 0.481 e. The highest BCUT2D eigenvalue weighted by atomic mass is 16.5. The van der Waals surface area contributed by atoms with Crippen LogP contribution in [0.1, 0.15) is 93.4 Å². The van der Waals surface area contributed by atoms with Crippen LogP contribution in [0.15, 0.2) is 36.4 Å². The Morgan fingerprint density at radius 1 is 0.830 bits per heavy atom. The van der Waals surface area contributed by atoms with Crippen molar-refractivity contribution >= 4 is 41.1 Å². The van der Waals surface area contributed by atoms with Crippen LogP contribution in [-0.2, 0) is 28.7 Å². The number of hydrogen-bond donors (Lipinski definition) is 5. The maximum atomic E-state index is 13.4. The van der Waals surface area contributed by atoms with E-state index in [9.17, 15) is 39.3 Å². The molecule has 0 bridgehead atoms. The molecule has 5 N–H and O–H groups in total. The number of carboxylic acid groups (broad SMARTS) is 3. The number of rotatable bonds is 22.